The Bertz CT molecular complexity index is 437. The number of amides is 1. The van der Waals surface area contributed by atoms with Crippen LogP contribution >= 0.6 is 39.1 Å². The summed E-state index contributed by atoms with van der Waals surface area (Å²) < 4.78 is 5.94. The van der Waals surface area contributed by atoms with Crippen LogP contribution < -0.4 is 10.1 Å². The van der Waals surface area contributed by atoms with Crippen LogP contribution in [0.5, 0.6) is 5.75 Å². The van der Waals surface area contributed by atoms with Gasteiger partial charge in [-0.25, -0.2) is 0 Å². The summed E-state index contributed by atoms with van der Waals surface area (Å²) in [5, 5.41) is 3.36. The molecule has 1 aliphatic heterocycles. The van der Waals surface area contributed by atoms with Crippen LogP contribution in [0.2, 0.25) is 10.0 Å². The fraction of sp³-hybridized carbons (Fsp3) is 0.222. The highest BCUT2D eigenvalue weighted by Gasteiger charge is 2.24. The molecule has 0 unspecified atom stereocenters. The molecule has 80 valence electrons. The lowest BCUT2D eigenvalue weighted by atomic mass is 10.2. The number of nitrogens with one attached hydrogen (secondary N) is 1. The van der Waals surface area contributed by atoms with E-state index in [2.05, 4.69) is 21.2 Å². The third-order valence-electron chi connectivity index (χ3n) is 1.99. The molecular weight excluding hydrogens is 305 g/mol. The highest BCUT2D eigenvalue weighted by atomic mass is 79.9. The van der Waals surface area contributed by atoms with Crippen molar-refractivity contribution in [2.45, 2.75) is 0 Å². The smallest absolute Gasteiger partial charge is 0.256 e. The van der Waals surface area contributed by atoms with Gasteiger partial charge < -0.3 is 10.1 Å². The fourth-order valence-electron chi connectivity index (χ4n) is 1.33. The number of carbonyl (C=O) groups is 1. The van der Waals surface area contributed by atoms with Gasteiger partial charge in [0.1, 0.15) is 12.2 Å². The number of halogens is 3. The maximum absolute atomic E-state index is 11.7. The van der Waals surface area contributed by atoms with Gasteiger partial charge in [-0.2, -0.15) is 0 Å². The van der Waals surface area contributed by atoms with Crippen LogP contribution in [0.25, 0.3) is 0 Å². The molecule has 0 fully saturated rings. The largest absolute Gasteiger partial charge is 0.489 e. The minimum atomic E-state index is -0.268. The summed E-state index contributed by atoms with van der Waals surface area (Å²) >= 11 is 15.2. The molecule has 0 saturated carbocycles. The van der Waals surface area contributed by atoms with Crippen molar-refractivity contribution in [1.29, 1.82) is 0 Å². The molecule has 0 saturated heterocycles. The molecule has 6 heteroatoms. The number of benzene rings is 1. The molecule has 1 heterocycles. The molecule has 15 heavy (non-hydrogen) atoms. The lowest BCUT2D eigenvalue weighted by Gasteiger charge is -2.10. The second-order valence-electron chi connectivity index (χ2n) is 2.96. The molecule has 3 nitrogen and oxygen atoms in total. The van der Waals surface area contributed by atoms with Crippen molar-refractivity contribution in [3.05, 3.63) is 26.1 Å². The lowest BCUT2D eigenvalue weighted by molar-refractivity contribution is 0.0957. The van der Waals surface area contributed by atoms with Gasteiger partial charge in [0.15, 0.2) is 5.75 Å². The Balaban J connectivity index is 2.69. The van der Waals surface area contributed by atoms with Crippen molar-refractivity contribution >= 4 is 45.0 Å². The first-order valence-electron chi connectivity index (χ1n) is 4.19. The van der Waals surface area contributed by atoms with Crippen LogP contribution in [0.3, 0.4) is 0 Å². The topological polar surface area (TPSA) is 38.3 Å². The number of carbonyl (C=O) groups excluding carboxylic acids is 1. The predicted molar refractivity (Wildman–Crippen MR) is 62.0 cm³/mol. The lowest BCUT2D eigenvalue weighted by Crippen LogP contribution is -2.24. The Labute approximate surface area is 105 Å². The first-order valence-corrected chi connectivity index (χ1v) is 5.74. The van der Waals surface area contributed by atoms with E-state index in [4.69, 9.17) is 27.9 Å². The zero-order valence-electron chi connectivity index (χ0n) is 7.44. The Hall–Kier alpha value is -0.450. The Kier molecular flexibility index (Phi) is 3.09. The first kappa shape index (κ1) is 11.0. The maximum atomic E-state index is 11.7. The summed E-state index contributed by atoms with van der Waals surface area (Å²) in [5.41, 5.74) is 0.286. The molecule has 1 aromatic carbocycles. The van der Waals surface area contributed by atoms with E-state index < -0.39 is 0 Å². The van der Waals surface area contributed by atoms with E-state index in [0.29, 0.717) is 33.4 Å². The summed E-state index contributed by atoms with van der Waals surface area (Å²) in [5.74, 6) is 0.0792. The van der Waals surface area contributed by atoms with Crippen LogP contribution in [0.15, 0.2) is 10.5 Å². The molecule has 0 radical (unpaired) electrons. The number of hydrogen-bond acceptors (Lipinski definition) is 2. The van der Waals surface area contributed by atoms with Gasteiger partial charge in [0.05, 0.1) is 16.6 Å². The number of rotatable bonds is 0. The van der Waals surface area contributed by atoms with E-state index in [9.17, 15) is 4.79 Å². The van der Waals surface area contributed by atoms with Gasteiger partial charge in [-0.3, -0.25) is 4.79 Å². The van der Waals surface area contributed by atoms with Crippen molar-refractivity contribution in [2.24, 2.45) is 0 Å². The SMILES string of the molecule is O=C1NCCOc2c(Cl)cc(Br)c(Cl)c21. The van der Waals surface area contributed by atoms with E-state index in [1.54, 1.807) is 6.07 Å². The van der Waals surface area contributed by atoms with E-state index in [1.165, 1.54) is 0 Å². The molecule has 2 rings (SSSR count). The zero-order chi connectivity index (χ0) is 11.0. The van der Waals surface area contributed by atoms with E-state index >= 15 is 0 Å². The molecule has 1 N–H and O–H groups in total. The predicted octanol–water partition coefficient (Wildman–Crippen LogP) is 2.88. The number of hydrogen-bond donors (Lipinski definition) is 1. The third kappa shape index (κ3) is 1.94. The number of fused-ring (bicyclic) bond motifs is 1. The van der Waals surface area contributed by atoms with Gasteiger partial charge >= 0.3 is 0 Å². The summed E-state index contributed by atoms with van der Waals surface area (Å²) in [6.07, 6.45) is 0. The molecule has 1 aromatic rings. The van der Waals surface area contributed by atoms with Gasteiger partial charge in [-0.1, -0.05) is 23.2 Å². The van der Waals surface area contributed by atoms with Crippen LogP contribution in [0.4, 0.5) is 0 Å². The normalized spacial score (nSPS) is 15.0. The second kappa shape index (κ2) is 4.20. The number of ether oxygens (including phenoxy) is 1. The van der Waals surface area contributed by atoms with E-state index in [1.807, 2.05) is 0 Å². The molecule has 1 amide bonds. The Morgan fingerprint density at radius 3 is 2.93 bits per heavy atom. The van der Waals surface area contributed by atoms with Gasteiger partial charge in [-0.05, 0) is 22.0 Å². The second-order valence-corrected chi connectivity index (χ2v) is 4.60. The zero-order valence-corrected chi connectivity index (χ0v) is 10.5. The first-order chi connectivity index (χ1) is 7.11. The monoisotopic (exact) mass is 309 g/mol. The molecule has 0 atom stereocenters. The van der Waals surface area contributed by atoms with Gasteiger partial charge in [0.25, 0.3) is 5.91 Å². The van der Waals surface area contributed by atoms with Crippen LogP contribution in [-0.2, 0) is 0 Å². The van der Waals surface area contributed by atoms with Crippen molar-refractivity contribution in [3.8, 4) is 5.75 Å². The van der Waals surface area contributed by atoms with Crippen LogP contribution in [0.1, 0.15) is 10.4 Å². The minimum Gasteiger partial charge on any atom is -0.489 e. The Morgan fingerprint density at radius 2 is 2.20 bits per heavy atom. The van der Waals surface area contributed by atoms with Crippen LogP contribution in [0, 0.1) is 0 Å². The minimum absolute atomic E-state index is 0.268. The average Bonchev–Trinajstić information content (AvgIpc) is 2.37. The van der Waals surface area contributed by atoms with E-state index in [0.717, 1.165) is 0 Å². The molecule has 0 aromatic heterocycles. The fourth-order valence-corrected chi connectivity index (χ4v) is 2.37. The van der Waals surface area contributed by atoms with Crippen LogP contribution in [-0.4, -0.2) is 19.1 Å². The van der Waals surface area contributed by atoms with Crippen molar-refractivity contribution in [1.82, 2.24) is 5.32 Å². The summed E-state index contributed by atoms with van der Waals surface area (Å²) in [7, 11) is 0. The summed E-state index contributed by atoms with van der Waals surface area (Å²) in [4.78, 5) is 11.7. The molecule has 0 bridgehead atoms. The third-order valence-corrected chi connectivity index (χ3v) is 3.51. The van der Waals surface area contributed by atoms with Crippen molar-refractivity contribution < 1.29 is 9.53 Å². The molecule has 1 aliphatic rings. The van der Waals surface area contributed by atoms with Gasteiger partial charge in [0, 0.05) is 4.47 Å². The van der Waals surface area contributed by atoms with Crippen molar-refractivity contribution in [2.75, 3.05) is 13.2 Å². The molecule has 0 spiro atoms. The highest BCUT2D eigenvalue weighted by Crippen LogP contribution is 2.39. The molecule has 0 aliphatic carbocycles. The van der Waals surface area contributed by atoms with Gasteiger partial charge in [0.2, 0.25) is 0 Å². The van der Waals surface area contributed by atoms with Crippen molar-refractivity contribution in [3.63, 3.8) is 0 Å². The maximum Gasteiger partial charge on any atom is 0.256 e. The summed E-state index contributed by atoms with van der Waals surface area (Å²) in [6.45, 7) is 0.828. The average molecular weight is 311 g/mol. The van der Waals surface area contributed by atoms with E-state index in [-0.39, 0.29) is 11.5 Å². The standard InChI is InChI=1S/C9H6BrCl2NO2/c10-4-3-5(11)8-6(7(4)12)9(14)13-1-2-15-8/h3H,1-2H2,(H,13,14). The highest BCUT2D eigenvalue weighted by molar-refractivity contribution is 9.10. The quantitative estimate of drug-likeness (QED) is 0.748. The van der Waals surface area contributed by atoms with Gasteiger partial charge in [-0.15, -0.1) is 0 Å². The Morgan fingerprint density at radius 1 is 1.47 bits per heavy atom. The molecular formula is C9H6BrCl2NO2. The summed E-state index contributed by atoms with van der Waals surface area (Å²) in [6, 6.07) is 1.61.